The quantitative estimate of drug-likeness (QED) is 0.769. The average Bonchev–Trinajstić information content (AvgIpc) is 2.24. The number of sulfone groups is 1. The Hall–Kier alpha value is -0.920. The first-order valence-corrected chi connectivity index (χ1v) is 9.80. The fraction of sp³-hybridized carbons (Fsp3) is 0.538. The van der Waals surface area contributed by atoms with Crippen molar-refractivity contribution in [1.82, 2.24) is 0 Å². The Morgan fingerprint density at radius 3 is 2.15 bits per heavy atom. The van der Waals surface area contributed by atoms with E-state index in [4.69, 9.17) is 4.18 Å². The lowest BCUT2D eigenvalue weighted by Gasteiger charge is -2.33. The number of rotatable bonds is 5. The van der Waals surface area contributed by atoms with Crippen LogP contribution in [0.3, 0.4) is 0 Å². The third kappa shape index (κ3) is 4.04. The van der Waals surface area contributed by atoms with E-state index in [0.717, 1.165) is 5.56 Å². The molecule has 1 aliphatic rings. The van der Waals surface area contributed by atoms with Crippen LogP contribution in [0.2, 0.25) is 0 Å². The molecule has 0 aliphatic heterocycles. The highest BCUT2D eigenvalue weighted by Gasteiger charge is 2.35. The summed E-state index contributed by atoms with van der Waals surface area (Å²) in [5.74, 6) is 0.0977. The Morgan fingerprint density at radius 2 is 1.65 bits per heavy atom. The normalized spacial score (nSPS) is 23.3. The van der Waals surface area contributed by atoms with E-state index in [9.17, 15) is 16.8 Å². The van der Waals surface area contributed by atoms with Gasteiger partial charge in [0.15, 0.2) is 0 Å². The first-order chi connectivity index (χ1) is 9.16. The zero-order valence-corrected chi connectivity index (χ0v) is 13.1. The monoisotopic (exact) mass is 318 g/mol. The molecule has 0 aromatic heterocycles. The summed E-state index contributed by atoms with van der Waals surface area (Å²) in [5, 5.41) is 0. The van der Waals surface area contributed by atoms with E-state index in [1.54, 1.807) is 12.1 Å². The number of aryl methyl sites for hydroxylation is 1. The molecule has 20 heavy (non-hydrogen) atoms. The van der Waals surface area contributed by atoms with Crippen molar-refractivity contribution < 1.29 is 21.0 Å². The third-order valence-corrected chi connectivity index (χ3v) is 5.76. The minimum absolute atomic E-state index is 0.00298. The highest BCUT2D eigenvalue weighted by Crippen LogP contribution is 2.33. The Balaban J connectivity index is 1.93. The van der Waals surface area contributed by atoms with Gasteiger partial charge in [-0.05, 0) is 37.8 Å². The smallest absolute Gasteiger partial charge is 0.263 e. The number of hydrogen-bond donors (Lipinski definition) is 0. The predicted molar refractivity (Wildman–Crippen MR) is 75.7 cm³/mol. The largest absolute Gasteiger partial charge is 0.297 e. The highest BCUT2D eigenvalue weighted by molar-refractivity contribution is 7.90. The zero-order chi connectivity index (χ0) is 15.0. The van der Waals surface area contributed by atoms with Gasteiger partial charge in [-0.15, -0.1) is 0 Å². The molecule has 112 valence electrons. The van der Waals surface area contributed by atoms with Crippen molar-refractivity contribution >= 4 is 20.0 Å². The van der Waals surface area contributed by atoms with Gasteiger partial charge in [0.2, 0.25) is 0 Å². The van der Waals surface area contributed by atoms with Gasteiger partial charge in [0.05, 0.1) is 16.8 Å². The van der Waals surface area contributed by atoms with E-state index in [1.807, 2.05) is 6.92 Å². The first-order valence-electron chi connectivity index (χ1n) is 6.33. The second kappa shape index (κ2) is 5.46. The van der Waals surface area contributed by atoms with Crippen LogP contribution < -0.4 is 0 Å². The lowest BCUT2D eigenvalue weighted by atomic mass is 9.84. The molecule has 0 spiro atoms. The predicted octanol–water partition coefficient (Wildman–Crippen LogP) is 1.52. The van der Waals surface area contributed by atoms with E-state index < -0.39 is 26.1 Å². The summed E-state index contributed by atoms with van der Waals surface area (Å²) >= 11 is 0. The van der Waals surface area contributed by atoms with E-state index in [0.29, 0.717) is 12.8 Å². The molecule has 5 nitrogen and oxygen atoms in total. The minimum atomic E-state index is -3.75. The molecule has 2 rings (SSSR count). The molecule has 0 N–H and O–H groups in total. The molecule has 1 aromatic carbocycles. The van der Waals surface area contributed by atoms with Crippen molar-refractivity contribution in [2.24, 2.45) is 5.92 Å². The summed E-state index contributed by atoms with van der Waals surface area (Å²) in [5.41, 5.74) is 0.973. The fourth-order valence-electron chi connectivity index (χ4n) is 2.26. The van der Waals surface area contributed by atoms with Gasteiger partial charge in [-0.25, -0.2) is 8.42 Å². The number of benzene rings is 1. The molecule has 0 radical (unpaired) electrons. The topological polar surface area (TPSA) is 77.5 Å². The van der Waals surface area contributed by atoms with Crippen LogP contribution in [-0.2, 0) is 24.1 Å². The van der Waals surface area contributed by atoms with Gasteiger partial charge in [-0.1, -0.05) is 17.7 Å². The van der Waals surface area contributed by atoms with Gasteiger partial charge >= 0.3 is 0 Å². The third-order valence-electron chi connectivity index (χ3n) is 3.30. The maximum Gasteiger partial charge on any atom is 0.297 e. The summed E-state index contributed by atoms with van der Waals surface area (Å²) in [4.78, 5) is 0.134. The molecule has 0 amide bonds. The van der Waals surface area contributed by atoms with E-state index >= 15 is 0 Å². The van der Waals surface area contributed by atoms with Crippen LogP contribution in [0, 0.1) is 12.8 Å². The molecule has 0 saturated heterocycles. The van der Waals surface area contributed by atoms with Gasteiger partial charge < -0.3 is 0 Å². The standard InChI is InChI=1S/C13H18O5S2/c1-10-3-5-13(6-4-10)20(16,17)18-12-7-11(8-12)9-19(2,14)15/h3-6,11-12H,7-9H2,1-2H3. The van der Waals surface area contributed by atoms with Gasteiger partial charge in [-0.3, -0.25) is 4.18 Å². The van der Waals surface area contributed by atoms with Crippen LogP contribution in [0.4, 0.5) is 0 Å². The van der Waals surface area contributed by atoms with Crippen molar-refractivity contribution in [1.29, 1.82) is 0 Å². The minimum Gasteiger partial charge on any atom is -0.263 e. The summed E-state index contributed by atoms with van der Waals surface area (Å²) in [7, 11) is -6.77. The average molecular weight is 318 g/mol. The van der Waals surface area contributed by atoms with Crippen LogP contribution in [0.5, 0.6) is 0 Å². The Morgan fingerprint density at radius 1 is 1.10 bits per heavy atom. The van der Waals surface area contributed by atoms with Crippen molar-refractivity contribution in [3.63, 3.8) is 0 Å². The summed E-state index contributed by atoms with van der Waals surface area (Å²) in [6.07, 6.45) is 1.72. The second-order valence-corrected chi connectivity index (χ2v) is 9.17. The molecule has 1 fully saturated rings. The summed E-state index contributed by atoms with van der Waals surface area (Å²) in [6.45, 7) is 1.87. The highest BCUT2D eigenvalue weighted by atomic mass is 32.2. The molecule has 0 heterocycles. The Bertz CT molecular complexity index is 668. The molecule has 0 atom stereocenters. The lowest BCUT2D eigenvalue weighted by Crippen LogP contribution is -2.36. The summed E-state index contributed by atoms with van der Waals surface area (Å²) in [6, 6.07) is 6.45. The Labute approximate surface area is 120 Å². The van der Waals surface area contributed by atoms with E-state index in [2.05, 4.69) is 0 Å². The van der Waals surface area contributed by atoms with Crippen molar-refractivity contribution in [2.45, 2.75) is 30.8 Å². The fourth-order valence-corrected chi connectivity index (χ4v) is 4.48. The summed E-state index contributed by atoms with van der Waals surface area (Å²) < 4.78 is 51.4. The van der Waals surface area contributed by atoms with Crippen LogP contribution >= 0.6 is 0 Å². The van der Waals surface area contributed by atoms with E-state index in [1.165, 1.54) is 18.4 Å². The van der Waals surface area contributed by atoms with Crippen molar-refractivity contribution in [3.05, 3.63) is 29.8 Å². The molecule has 1 aliphatic carbocycles. The molecular weight excluding hydrogens is 300 g/mol. The molecule has 1 aromatic rings. The molecule has 1 saturated carbocycles. The Kier molecular flexibility index (Phi) is 4.22. The van der Waals surface area contributed by atoms with E-state index in [-0.39, 0.29) is 16.6 Å². The molecule has 7 heteroatoms. The lowest BCUT2D eigenvalue weighted by molar-refractivity contribution is 0.0816. The second-order valence-electron chi connectivity index (χ2n) is 5.42. The van der Waals surface area contributed by atoms with Crippen molar-refractivity contribution in [3.8, 4) is 0 Å². The van der Waals surface area contributed by atoms with Gasteiger partial charge in [0, 0.05) is 6.26 Å². The van der Waals surface area contributed by atoms with Gasteiger partial charge in [-0.2, -0.15) is 8.42 Å². The van der Waals surface area contributed by atoms with Gasteiger partial charge in [0.1, 0.15) is 9.84 Å². The van der Waals surface area contributed by atoms with Crippen LogP contribution in [-0.4, -0.2) is 34.9 Å². The molecule has 0 bridgehead atoms. The van der Waals surface area contributed by atoms with Gasteiger partial charge in [0.25, 0.3) is 10.1 Å². The maximum absolute atomic E-state index is 12.0. The number of hydrogen-bond acceptors (Lipinski definition) is 5. The maximum atomic E-state index is 12.0. The molecular formula is C13H18O5S2. The zero-order valence-electron chi connectivity index (χ0n) is 11.4. The first kappa shape index (κ1) is 15.5. The van der Waals surface area contributed by atoms with Crippen LogP contribution in [0.15, 0.2) is 29.2 Å². The molecule has 0 unspecified atom stereocenters. The van der Waals surface area contributed by atoms with Crippen LogP contribution in [0.25, 0.3) is 0 Å². The SMILES string of the molecule is Cc1ccc(S(=O)(=O)OC2CC(CS(C)(=O)=O)C2)cc1. The van der Waals surface area contributed by atoms with Crippen LogP contribution in [0.1, 0.15) is 18.4 Å². The van der Waals surface area contributed by atoms with Crippen molar-refractivity contribution in [2.75, 3.05) is 12.0 Å².